The van der Waals surface area contributed by atoms with Crippen LogP contribution in [0.5, 0.6) is 0 Å². The van der Waals surface area contributed by atoms with Gasteiger partial charge >= 0.3 is 5.97 Å². The lowest BCUT2D eigenvalue weighted by Crippen LogP contribution is -2.05. The molecule has 1 heterocycles. The number of carbonyl (C=O) groups is 1. The second kappa shape index (κ2) is 6.96. The Morgan fingerprint density at radius 2 is 1.62 bits per heavy atom. The number of esters is 1. The lowest BCUT2D eigenvalue weighted by molar-refractivity contribution is -0.140. The molecule has 0 aliphatic heterocycles. The number of H-pyrrole nitrogens is 1. The van der Waals surface area contributed by atoms with Crippen molar-refractivity contribution in [3.63, 3.8) is 0 Å². The van der Waals surface area contributed by atoms with Crippen molar-refractivity contribution in [2.24, 2.45) is 0 Å². The predicted molar refractivity (Wildman–Crippen MR) is 94.1 cm³/mol. The van der Waals surface area contributed by atoms with Crippen LogP contribution in [0.1, 0.15) is 12.7 Å². The van der Waals surface area contributed by atoms with Crippen molar-refractivity contribution in [2.75, 3.05) is 0 Å². The first-order valence-corrected chi connectivity index (χ1v) is 7.67. The molecule has 1 N–H and O–H groups in total. The van der Waals surface area contributed by atoms with Gasteiger partial charge in [-0.25, -0.2) is 9.78 Å². The van der Waals surface area contributed by atoms with Gasteiger partial charge in [0.1, 0.15) is 12.4 Å². The van der Waals surface area contributed by atoms with Crippen LogP contribution >= 0.6 is 0 Å². The number of benzene rings is 2. The second-order valence-corrected chi connectivity index (χ2v) is 5.50. The van der Waals surface area contributed by atoms with Crippen LogP contribution in [0.25, 0.3) is 22.5 Å². The molecule has 0 fully saturated rings. The van der Waals surface area contributed by atoms with E-state index >= 15 is 0 Å². The molecular formula is C20H18N2O2. The van der Waals surface area contributed by atoms with Crippen LogP contribution in [0.4, 0.5) is 0 Å². The highest BCUT2D eigenvalue weighted by atomic mass is 16.5. The fourth-order valence-electron chi connectivity index (χ4n) is 2.37. The number of hydrogen-bond acceptors (Lipinski definition) is 3. The number of nitrogens with one attached hydrogen (secondary N) is 1. The van der Waals surface area contributed by atoms with Crippen molar-refractivity contribution < 1.29 is 9.53 Å². The number of carbonyl (C=O) groups excluding carboxylic acids is 1. The Hall–Kier alpha value is -3.14. The lowest BCUT2D eigenvalue weighted by atomic mass is 10.1. The summed E-state index contributed by atoms with van der Waals surface area (Å²) in [7, 11) is 0. The summed E-state index contributed by atoms with van der Waals surface area (Å²) in [6.45, 7) is 5.28. The molecule has 1 aromatic heterocycles. The van der Waals surface area contributed by atoms with Crippen molar-refractivity contribution in [3.05, 3.63) is 78.6 Å². The van der Waals surface area contributed by atoms with E-state index < -0.39 is 5.97 Å². The summed E-state index contributed by atoms with van der Waals surface area (Å²) in [6, 6.07) is 19.9. The zero-order chi connectivity index (χ0) is 16.9. The van der Waals surface area contributed by atoms with Crippen LogP contribution in [0.3, 0.4) is 0 Å². The average Bonchev–Trinajstić information content (AvgIpc) is 3.05. The Balaban J connectivity index is 1.97. The Morgan fingerprint density at radius 3 is 2.21 bits per heavy atom. The second-order valence-electron chi connectivity index (χ2n) is 5.50. The zero-order valence-corrected chi connectivity index (χ0v) is 13.5. The molecular weight excluding hydrogens is 300 g/mol. The van der Waals surface area contributed by atoms with Crippen LogP contribution < -0.4 is 0 Å². The van der Waals surface area contributed by atoms with E-state index in [1.54, 1.807) is 6.92 Å². The van der Waals surface area contributed by atoms with Gasteiger partial charge in [-0.3, -0.25) is 0 Å². The minimum absolute atomic E-state index is 0.0817. The van der Waals surface area contributed by atoms with E-state index in [1.807, 2.05) is 60.7 Å². The van der Waals surface area contributed by atoms with E-state index in [0.29, 0.717) is 11.4 Å². The number of rotatable bonds is 5. The van der Waals surface area contributed by atoms with Crippen LogP contribution in [0.15, 0.2) is 72.8 Å². The van der Waals surface area contributed by atoms with Gasteiger partial charge in [-0.15, -0.1) is 0 Å². The normalized spacial score (nSPS) is 10.4. The van der Waals surface area contributed by atoms with Crippen molar-refractivity contribution >= 4 is 5.97 Å². The molecule has 0 radical (unpaired) electrons. The quantitative estimate of drug-likeness (QED) is 0.561. The van der Waals surface area contributed by atoms with Gasteiger partial charge in [-0.1, -0.05) is 67.2 Å². The van der Waals surface area contributed by atoms with E-state index in [2.05, 4.69) is 16.5 Å². The van der Waals surface area contributed by atoms with Gasteiger partial charge in [-0.05, 0) is 6.92 Å². The van der Waals surface area contributed by atoms with Crippen LogP contribution in [0.2, 0.25) is 0 Å². The first-order chi connectivity index (χ1) is 11.6. The summed E-state index contributed by atoms with van der Waals surface area (Å²) in [4.78, 5) is 19.5. The summed E-state index contributed by atoms with van der Waals surface area (Å²) in [5.41, 5.74) is 4.14. The molecule has 2 aromatic carbocycles. The number of nitrogens with zero attached hydrogens (tertiary/aromatic N) is 1. The smallest absolute Gasteiger partial charge is 0.333 e. The Bertz CT molecular complexity index is 795. The fraction of sp³-hybridized carbons (Fsp3) is 0.100. The van der Waals surface area contributed by atoms with Crippen LogP contribution in [0, 0.1) is 0 Å². The molecule has 120 valence electrons. The number of aromatic nitrogens is 2. The van der Waals surface area contributed by atoms with Gasteiger partial charge in [0.15, 0.2) is 0 Å². The predicted octanol–water partition coefficient (Wildman–Crippen LogP) is 4.36. The van der Waals surface area contributed by atoms with Gasteiger partial charge in [0.2, 0.25) is 0 Å². The van der Waals surface area contributed by atoms with Crippen LogP contribution in [-0.4, -0.2) is 15.9 Å². The van der Waals surface area contributed by atoms with Gasteiger partial charge < -0.3 is 9.72 Å². The maximum Gasteiger partial charge on any atom is 0.333 e. The minimum Gasteiger partial charge on any atom is -0.454 e. The van der Waals surface area contributed by atoms with E-state index in [1.165, 1.54) is 0 Å². The number of ether oxygens (including phenoxy) is 1. The summed E-state index contributed by atoms with van der Waals surface area (Å²) in [5, 5.41) is 0. The Labute approximate surface area is 140 Å². The molecule has 0 atom stereocenters. The zero-order valence-electron chi connectivity index (χ0n) is 13.5. The third kappa shape index (κ3) is 3.43. The monoisotopic (exact) mass is 318 g/mol. The van der Waals surface area contributed by atoms with E-state index in [0.717, 1.165) is 22.5 Å². The fourth-order valence-corrected chi connectivity index (χ4v) is 2.37. The van der Waals surface area contributed by atoms with E-state index in [4.69, 9.17) is 4.74 Å². The van der Waals surface area contributed by atoms with E-state index in [-0.39, 0.29) is 6.61 Å². The Kier molecular flexibility index (Phi) is 4.57. The van der Waals surface area contributed by atoms with Crippen molar-refractivity contribution in [1.29, 1.82) is 0 Å². The van der Waals surface area contributed by atoms with Crippen molar-refractivity contribution in [3.8, 4) is 22.5 Å². The standard InChI is InChI=1S/C20H18N2O2/c1-14(2)20(23)24-13-17-21-18(15-9-5-3-6-10-15)19(22-17)16-11-7-4-8-12-16/h3-12H,1,13H2,2H3,(H,21,22). The maximum absolute atomic E-state index is 11.6. The highest BCUT2D eigenvalue weighted by Gasteiger charge is 2.15. The van der Waals surface area contributed by atoms with Gasteiger partial charge in [-0.2, -0.15) is 0 Å². The molecule has 0 spiro atoms. The highest BCUT2D eigenvalue weighted by molar-refractivity contribution is 5.87. The topological polar surface area (TPSA) is 55.0 Å². The molecule has 0 aliphatic rings. The van der Waals surface area contributed by atoms with Crippen LogP contribution in [-0.2, 0) is 16.1 Å². The van der Waals surface area contributed by atoms with Crippen molar-refractivity contribution in [1.82, 2.24) is 9.97 Å². The van der Waals surface area contributed by atoms with E-state index in [9.17, 15) is 4.79 Å². The molecule has 0 saturated heterocycles. The Morgan fingerprint density at radius 1 is 1.04 bits per heavy atom. The summed E-state index contributed by atoms with van der Waals surface area (Å²) >= 11 is 0. The molecule has 0 aliphatic carbocycles. The molecule has 0 bridgehead atoms. The number of imidazole rings is 1. The third-order valence-electron chi connectivity index (χ3n) is 3.55. The summed E-state index contributed by atoms with van der Waals surface area (Å²) < 4.78 is 5.20. The largest absolute Gasteiger partial charge is 0.454 e. The number of aromatic amines is 1. The molecule has 3 aromatic rings. The van der Waals surface area contributed by atoms with Crippen molar-refractivity contribution in [2.45, 2.75) is 13.5 Å². The minimum atomic E-state index is -0.422. The van der Waals surface area contributed by atoms with Gasteiger partial charge in [0.05, 0.1) is 11.4 Å². The van der Waals surface area contributed by atoms with Gasteiger partial charge in [0, 0.05) is 16.7 Å². The lowest BCUT2D eigenvalue weighted by Gasteiger charge is -2.02. The maximum atomic E-state index is 11.6. The third-order valence-corrected chi connectivity index (χ3v) is 3.55. The number of hydrogen-bond donors (Lipinski definition) is 1. The summed E-state index contributed by atoms with van der Waals surface area (Å²) in [6.07, 6.45) is 0. The highest BCUT2D eigenvalue weighted by Crippen LogP contribution is 2.30. The molecule has 24 heavy (non-hydrogen) atoms. The molecule has 0 unspecified atom stereocenters. The molecule has 4 heteroatoms. The molecule has 4 nitrogen and oxygen atoms in total. The summed E-state index contributed by atoms with van der Waals surface area (Å²) in [5.74, 6) is 0.177. The first-order valence-electron chi connectivity index (χ1n) is 7.67. The molecule has 3 rings (SSSR count). The van der Waals surface area contributed by atoms with Gasteiger partial charge in [0.25, 0.3) is 0 Å². The molecule has 0 amide bonds. The first kappa shape index (κ1) is 15.7. The molecule has 0 saturated carbocycles. The average molecular weight is 318 g/mol. The SMILES string of the molecule is C=C(C)C(=O)OCc1nc(-c2ccccc2)c(-c2ccccc2)[nH]1.